The van der Waals surface area contributed by atoms with Gasteiger partial charge in [0.1, 0.15) is 10.7 Å². The maximum atomic E-state index is 13.6. The predicted octanol–water partition coefficient (Wildman–Crippen LogP) is 2.27. The molecule has 2 aromatic rings. The largest absolute Gasteiger partial charge is 0.244 e. The molecule has 5 nitrogen and oxygen atoms in total. The molecule has 0 amide bonds. The van der Waals surface area contributed by atoms with Gasteiger partial charge in [0.15, 0.2) is 9.84 Å². The van der Waals surface area contributed by atoms with Crippen LogP contribution in [0, 0.1) is 5.82 Å². The number of sulfonamides is 1. The van der Waals surface area contributed by atoms with Crippen molar-refractivity contribution in [3.05, 3.63) is 59.9 Å². The van der Waals surface area contributed by atoms with Crippen molar-refractivity contribution in [2.75, 3.05) is 6.26 Å². The second-order valence-electron chi connectivity index (χ2n) is 5.11. The standard InChI is InChI=1S/C15H16FNO4S2/c1-11(12-7-9-13(10-8-12)22(2,18)19)17-23(20,21)15-6-4-3-5-14(15)16/h3-11,17H,1-2H3/t11-/m0/s1. The van der Waals surface area contributed by atoms with Gasteiger partial charge < -0.3 is 0 Å². The van der Waals surface area contributed by atoms with Crippen molar-refractivity contribution >= 4 is 19.9 Å². The number of benzene rings is 2. The lowest BCUT2D eigenvalue weighted by Crippen LogP contribution is -2.27. The predicted molar refractivity (Wildman–Crippen MR) is 84.7 cm³/mol. The van der Waals surface area contributed by atoms with Crippen molar-refractivity contribution in [1.82, 2.24) is 4.72 Å². The Labute approximate surface area is 135 Å². The van der Waals surface area contributed by atoms with Gasteiger partial charge in [-0.3, -0.25) is 0 Å². The number of nitrogens with one attached hydrogen (secondary N) is 1. The molecule has 0 unspecified atom stereocenters. The Morgan fingerprint density at radius 3 is 2.04 bits per heavy atom. The molecule has 0 heterocycles. The maximum Gasteiger partial charge on any atom is 0.244 e. The summed E-state index contributed by atoms with van der Waals surface area (Å²) < 4.78 is 63.3. The Balaban J connectivity index is 2.25. The van der Waals surface area contributed by atoms with Gasteiger partial charge >= 0.3 is 0 Å². The van der Waals surface area contributed by atoms with E-state index >= 15 is 0 Å². The first-order valence-electron chi connectivity index (χ1n) is 6.68. The second kappa shape index (κ2) is 6.38. The van der Waals surface area contributed by atoms with Crippen molar-refractivity contribution in [3.63, 3.8) is 0 Å². The summed E-state index contributed by atoms with van der Waals surface area (Å²) >= 11 is 0. The van der Waals surface area contributed by atoms with Gasteiger partial charge in [-0.25, -0.2) is 25.9 Å². The van der Waals surface area contributed by atoms with E-state index in [2.05, 4.69) is 4.72 Å². The van der Waals surface area contributed by atoms with E-state index in [1.165, 1.54) is 42.5 Å². The van der Waals surface area contributed by atoms with Crippen LogP contribution in [0.1, 0.15) is 18.5 Å². The van der Waals surface area contributed by atoms with E-state index in [1.54, 1.807) is 6.92 Å². The highest BCUT2D eigenvalue weighted by molar-refractivity contribution is 7.90. The van der Waals surface area contributed by atoms with E-state index in [9.17, 15) is 21.2 Å². The number of hydrogen-bond donors (Lipinski definition) is 1. The minimum atomic E-state index is -4.02. The van der Waals surface area contributed by atoms with Crippen LogP contribution < -0.4 is 4.72 Å². The highest BCUT2D eigenvalue weighted by Gasteiger charge is 2.21. The van der Waals surface area contributed by atoms with Gasteiger partial charge in [0.2, 0.25) is 10.0 Å². The van der Waals surface area contributed by atoms with E-state index in [-0.39, 0.29) is 4.90 Å². The third kappa shape index (κ3) is 4.15. The third-order valence-electron chi connectivity index (χ3n) is 3.27. The summed E-state index contributed by atoms with van der Waals surface area (Å²) in [7, 11) is -7.34. The zero-order chi connectivity index (χ0) is 17.3. The normalized spacial score (nSPS) is 13.7. The molecule has 0 aliphatic heterocycles. The maximum absolute atomic E-state index is 13.6. The van der Waals surface area contributed by atoms with Gasteiger partial charge in [-0.15, -0.1) is 0 Å². The molecule has 2 rings (SSSR count). The molecule has 0 aromatic heterocycles. The molecule has 0 saturated carbocycles. The summed E-state index contributed by atoms with van der Waals surface area (Å²) in [6.45, 7) is 1.59. The molecule has 23 heavy (non-hydrogen) atoms. The van der Waals surface area contributed by atoms with Crippen molar-refractivity contribution in [2.45, 2.75) is 22.8 Å². The Morgan fingerprint density at radius 1 is 0.957 bits per heavy atom. The van der Waals surface area contributed by atoms with Crippen LogP contribution in [0.5, 0.6) is 0 Å². The van der Waals surface area contributed by atoms with E-state index < -0.39 is 36.6 Å². The molecule has 1 atom stereocenters. The summed E-state index contributed by atoms with van der Waals surface area (Å²) in [6, 6.07) is 10.3. The average molecular weight is 357 g/mol. The fourth-order valence-corrected chi connectivity index (χ4v) is 3.97. The van der Waals surface area contributed by atoms with Gasteiger partial charge in [0.25, 0.3) is 0 Å². The Hall–Kier alpha value is -1.77. The molecule has 0 bridgehead atoms. The van der Waals surface area contributed by atoms with Gasteiger partial charge in [0, 0.05) is 12.3 Å². The first kappa shape index (κ1) is 17.6. The Kier molecular flexibility index (Phi) is 4.88. The average Bonchev–Trinajstić information content (AvgIpc) is 2.46. The highest BCUT2D eigenvalue weighted by atomic mass is 32.2. The molecule has 0 fully saturated rings. The number of sulfone groups is 1. The zero-order valence-corrected chi connectivity index (χ0v) is 14.2. The molecule has 0 saturated heterocycles. The summed E-state index contributed by atoms with van der Waals surface area (Å²) in [4.78, 5) is -0.287. The summed E-state index contributed by atoms with van der Waals surface area (Å²) in [5.74, 6) is -0.834. The number of halogens is 1. The number of hydrogen-bond acceptors (Lipinski definition) is 4. The SMILES string of the molecule is C[C@H](NS(=O)(=O)c1ccccc1F)c1ccc(S(C)(=O)=O)cc1. The van der Waals surface area contributed by atoms with Crippen LogP contribution in [0.4, 0.5) is 4.39 Å². The van der Waals surface area contributed by atoms with Crippen molar-refractivity contribution in [3.8, 4) is 0 Å². The summed E-state index contributed by atoms with van der Waals surface area (Å²) in [5, 5.41) is 0. The van der Waals surface area contributed by atoms with Crippen LogP contribution in [0.3, 0.4) is 0 Å². The fraction of sp³-hybridized carbons (Fsp3) is 0.200. The lowest BCUT2D eigenvalue weighted by molar-refractivity contribution is 0.546. The van der Waals surface area contributed by atoms with Crippen molar-refractivity contribution in [1.29, 1.82) is 0 Å². The molecule has 8 heteroatoms. The molecule has 2 aromatic carbocycles. The van der Waals surface area contributed by atoms with Gasteiger partial charge in [-0.1, -0.05) is 24.3 Å². The van der Waals surface area contributed by atoms with E-state index in [0.29, 0.717) is 5.56 Å². The van der Waals surface area contributed by atoms with E-state index in [1.807, 2.05) is 0 Å². The molecule has 1 N–H and O–H groups in total. The van der Waals surface area contributed by atoms with E-state index in [0.717, 1.165) is 12.3 Å². The topological polar surface area (TPSA) is 80.3 Å². The van der Waals surface area contributed by atoms with Crippen molar-refractivity contribution < 1.29 is 21.2 Å². The van der Waals surface area contributed by atoms with Crippen molar-refractivity contribution in [2.24, 2.45) is 0 Å². The van der Waals surface area contributed by atoms with Gasteiger partial charge in [-0.2, -0.15) is 0 Å². The molecular weight excluding hydrogens is 341 g/mol. The summed E-state index contributed by atoms with van der Waals surface area (Å²) in [6.07, 6.45) is 1.09. The van der Waals surface area contributed by atoms with Crippen LogP contribution in [-0.4, -0.2) is 23.1 Å². The monoisotopic (exact) mass is 357 g/mol. The molecule has 124 valence electrons. The van der Waals surface area contributed by atoms with Gasteiger partial charge in [0.05, 0.1) is 4.90 Å². The van der Waals surface area contributed by atoms with E-state index in [4.69, 9.17) is 0 Å². The molecule has 0 aliphatic rings. The fourth-order valence-electron chi connectivity index (χ4n) is 2.03. The molecular formula is C15H16FNO4S2. The quantitative estimate of drug-likeness (QED) is 0.890. The first-order chi connectivity index (χ1) is 10.6. The van der Waals surface area contributed by atoms with Crippen LogP contribution in [0.25, 0.3) is 0 Å². The Morgan fingerprint density at radius 2 is 1.52 bits per heavy atom. The van der Waals surface area contributed by atoms with Gasteiger partial charge in [-0.05, 0) is 36.8 Å². The van der Waals surface area contributed by atoms with Crippen LogP contribution in [-0.2, 0) is 19.9 Å². The first-order valence-corrected chi connectivity index (χ1v) is 10.1. The highest BCUT2D eigenvalue weighted by Crippen LogP contribution is 2.20. The lowest BCUT2D eigenvalue weighted by Gasteiger charge is -2.15. The minimum absolute atomic E-state index is 0.144. The summed E-state index contributed by atoms with van der Waals surface area (Å²) in [5.41, 5.74) is 0.567. The minimum Gasteiger partial charge on any atom is -0.224 e. The lowest BCUT2D eigenvalue weighted by atomic mass is 10.1. The van der Waals surface area contributed by atoms with Crippen LogP contribution in [0.2, 0.25) is 0 Å². The number of rotatable bonds is 5. The zero-order valence-electron chi connectivity index (χ0n) is 12.5. The second-order valence-corrected chi connectivity index (χ2v) is 8.81. The van der Waals surface area contributed by atoms with Crippen LogP contribution >= 0.6 is 0 Å². The molecule has 0 aliphatic carbocycles. The third-order valence-corrected chi connectivity index (χ3v) is 5.97. The molecule has 0 spiro atoms. The molecule has 0 radical (unpaired) electrons. The van der Waals surface area contributed by atoms with Crippen LogP contribution in [0.15, 0.2) is 58.3 Å². The smallest absolute Gasteiger partial charge is 0.224 e. The Bertz CT molecular complexity index is 907.